The van der Waals surface area contributed by atoms with Crippen LogP contribution in [0.1, 0.15) is 65.0 Å². The van der Waals surface area contributed by atoms with Crippen molar-refractivity contribution < 1.29 is 18.4 Å². The fourth-order valence-corrected chi connectivity index (χ4v) is 5.39. The standard InChI is InChI=1S/C28H39BFN3O3/c1-6-19-15-31-26(32-16-19)33-11-9-20(10-12-33)24-13-22(24)18-34-17-21-7-8-23(14-25(21)30)29-35-27(2,3)28(4,5)36-29/h7-8,14-16,20,22,24H,6,9-13,17-18H2,1-5H3. The van der Waals surface area contributed by atoms with Gasteiger partial charge in [0.15, 0.2) is 0 Å². The maximum atomic E-state index is 14.8. The zero-order valence-electron chi connectivity index (χ0n) is 22.3. The first-order chi connectivity index (χ1) is 17.2. The van der Waals surface area contributed by atoms with Gasteiger partial charge in [0.1, 0.15) is 5.82 Å². The monoisotopic (exact) mass is 495 g/mol. The van der Waals surface area contributed by atoms with Crippen LogP contribution in [0.2, 0.25) is 0 Å². The molecule has 0 radical (unpaired) electrons. The molecule has 1 aliphatic carbocycles. The summed E-state index contributed by atoms with van der Waals surface area (Å²) in [5.74, 6) is 2.64. The molecule has 6 nitrogen and oxygen atoms in total. The molecule has 1 saturated carbocycles. The first-order valence-electron chi connectivity index (χ1n) is 13.4. The molecule has 194 valence electrons. The number of rotatable bonds is 8. The van der Waals surface area contributed by atoms with E-state index in [0.29, 0.717) is 30.2 Å². The number of nitrogens with zero attached hydrogens (tertiary/aromatic N) is 3. The van der Waals surface area contributed by atoms with Gasteiger partial charge in [0.25, 0.3) is 0 Å². The number of hydrogen-bond donors (Lipinski definition) is 0. The van der Waals surface area contributed by atoms with Crippen LogP contribution in [0.3, 0.4) is 0 Å². The van der Waals surface area contributed by atoms with Crippen molar-refractivity contribution in [3.63, 3.8) is 0 Å². The van der Waals surface area contributed by atoms with Gasteiger partial charge >= 0.3 is 7.12 Å². The zero-order chi connectivity index (χ0) is 25.5. The molecule has 2 unspecified atom stereocenters. The van der Waals surface area contributed by atoms with Crippen molar-refractivity contribution in [2.45, 2.75) is 78.1 Å². The van der Waals surface area contributed by atoms with Gasteiger partial charge in [0.05, 0.1) is 24.4 Å². The van der Waals surface area contributed by atoms with Crippen molar-refractivity contribution in [2.24, 2.45) is 17.8 Å². The number of piperidine rings is 1. The molecule has 0 bridgehead atoms. The topological polar surface area (TPSA) is 56.7 Å². The van der Waals surface area contributed by atoms with Crippen LogP contribution in [-0.4, -0.2) is 48.0 Å². The SMILES string of the molecule is CCc1cnc(N2CCC(C3CC3COCc3ccc(B4OC(C)(C)C(C)(C)O4)cc3F)CC2)nc1. The third-order valence-corrected chi connectivity index (χ3v) is 8.70. The normalized spacial score (nSPS) is 25.4. The molecule has 1 aromatic carbocycles. The van der Waals surface area contributed by atoms with Crippen molar-refractivity contribution in [2.75, 3.05) is 24.6 Å². The van der Waals surface area contributed by atoms with E-state index < -0.39 is 18.3 Å². The van der Waals surface area contributed by atoms with E-state index in [1.54, 1.807) is 6.07 Å². The lowest BCUT2D eigenvalue weighted by molar-refractivity contribution is 0.00578. The molecule has 2 aromatic rings. The first kappa shape index (κ1) is 25.6. The molecule has 0 amide bonds. The van der Waals surface area contributed by atoms with Crippen molar-refractivity contribution in [3.8, 4) is 0 Å². The van der Waals surface area contributed by atoms with E-state index in [1.807, 2.05) is 46.2 Å². The lowest BCUT2D eigenvalue weighted by Gasteiger charge is -2.32. The van der Waals surface area contributed by atoms with Crippen LogP contribution in [-0.2, 0) is 27.1 Å². The molecule has 3 heterocycles. The summed E-state index contributed by atoms with van der Waals surface area (Å²) in [6.45, 7) is 13.1. The van der Waals surface area contributed by atoms with E-state index >= 15 is 0 Å². The average Bonchev–Trinajstić information content (AvgIpc) is 3.59. The summed E-state index contributed by atoms with van der Waals surface area (Å²) < 4.78 is 32.9. The Morgan fingerprint density at radius 1 is 1.08 bits per heavy atom. The lowest BCUT2D eigenvalue weighted by atomic mass is 9.79. The van der Waals surface area contributed by atoms with Gasteiger partial charge in [-0.2, -0.15) is 0 Å². The van der Waals surface area contributed by atoms with E-state index in [2.05, 4.69) is 21.8 Å². The predicted molar refractivity (Wildman–Crippen MR) is 140 cm³/mol. The molecule has 5 rings (SSSR count). The van der Waals surface area contributed by atoms with Crippen molar-refractivity contribution in [1.29, 1.82) is 0 Å². The van der Waals surface area contributed by atoms with Crippen molar-refractivity contribution in [3.05, 3.63) is 47.5 Å². The van der Waals surface area contributed by atoms with Crippen LogP contribution in [0.4, 0.5) is 10.3 Å². The minimum Gasteiger partial charge on any atom is -0.399 e. The number of aryl methyl sites for hydroxylation is 1. The Balaban J connectivity index is 1.05. The molecule has 0 spiro atoms. The highest BCUT2D eigenvalue weighted by Gasteiger charge is 2.51. The summed E-state index contributed by atoms with van der Waals surface area (Å²) in [6.07, 6.45) is 8.42. The summed E-state index contributed by atoms with van der Waals surface area (Å²) in [6, 6.07) is 5.20. The van der Waals surface area contributed by atoms with E-state index in [-0.39, 0.29) is 5.82 Å². The second kappa shape index (κ2) is 10.0. The van der Waals surface area contributed by atoms with Gasteiger partial charge in [-0.25, -0.2) is 14.4 Å². The molecule has 36 heavy (non-hydrogen) atoms. The highest BCUT2D eigenvalue weighted by molar-refractivity contribution is 6.62. The van der Waals surface area contributed by atoms with Gasteiger partial charge in [0, 0.05) is 31.0 Å². The van der Waals surface area contributed by atoms with Gasteiger partial charge < -0.3 is 18.9 Å². The number of aromatic nitrogens is 2. The Morgan fingerprint density at radius 3 is 2.36 bits per heavy atom. The molecule has 0 N–H and O–H groups in total. The Hall–Kier alpha value is -2.03. The zero-order valence-corrected chi connectivity index (χ0v) is 22.3. The summed E-state index contributed by atoms with van der Waals surface area (Å²) in [4.78, 5) is 11.4. The molecule has 2 aliphatic heterocycles. The quantitative estimate of drug-likeness (QED) is 0.501. The highest BCUT2D eigenvalue weighted by Crippen LogP contribution is 2.48. The second-order valence-corrected chi connectivity index (χ2v) is 11.7. The van der Waals surface area contributed by atoms with Gasteiger partial charge in [0.2, 0.25) is 5.95 Å². The summed E-state index contributed by atoms with van der Waals surface area (Å²) in [5, 5.41) is 0. The van der Waals surface area contributed by atoms with Gasteiger partial charge in [-0.15, -0.1) is 0 Å². The van der Waals surface area contributed by atoms with E-state index in [0.717, 1.165) is 37.3 Å². The fraction of sp³-hybridized carbons (Fsp3) is 0.643. The van der Waals surface area contributed by atoms with Crippen LogP contribution in [0, 0.1) is 23.6 Å². The van der Waals surface area contributed by atoms with E-state index in [1.165, 1.54) is 30.9 Å². The predicted octanol–water partition coefficient (Wildman–Crippen LogP) is 4.55. The third-order valence-electron chi connectivity index (χ3n) is 8.70. The van der Waals surface area contributed by atoms with Crippen molar-refractivity contribution in [1.82, 2.24) is 9.97 Å². The maximum Gasteiger partial charge on any atom is 0.494 e. The summed E-state index contributed by atoms with van der Waals surface area (Å²) in [5.41, 5.74) is 1.57. The van der Waals surface area contributed by atoms with Crippen LogP contribution in [0.15, 0.2) is 30.6 Å². The number of hydrogen-bond acceptors (Lipinski definition) is 6. The molecule has 2 saturated heterocycles. The molecular formula is C28H39BFN3O3. The Bertz CT molecular complexity index is 1040. The highest BCUT2D eigenvalue weighted by atomic mass is 19.1. The smallest absolute Gasteiger partial charge is 0.399 e. The molecule has 1 aromatic heterocycles. The lowest BCUT2D eigenvalue weighted by Crippen LogP contribution is -2.41. The minimum atomic E-state index is -0.555. The van der Waals surface area contributed by atoms with Crippen LogP contribution < -0.4 is 10.4 Å². The largest absolute Gasteiger partial charge is 0.494 e. The number of anilines is 1. The second-order valence-electron chi connectivity index (χ2n) is 11.7. The summed E-state index contributed by atoms with van der Waals surface area (Å²) in [7, 11) is -0.555. The Kier molecular flexibility index (Phi) is 7.14. The van der Waals surface area contributed by atoms with E-state index in [9.17, 15) is 4.39 Å². The number of benzene rings is 1. The van der Waals surface area contributed by atoms with Crippen LogP contribution in [0.25, 0.3) is 0 Å². The molecule has 8 heteroatoms. The van der Waals surface area contributed by atoms with Crippen LogP contribution in [0.5, 0.6) is 0 Å². The van der Waals surface area contributed by atoms with Crippen molar-refractivity contribution >= 4 is 18.5 Å². The van der Waals surface area contributed by atoms with Gasteiger partial charge in [-0.1, -0.05) is 19.1 Å². The Labute approximate surface area is 215 Å². The Morgan fingerprint density at radius 2 is 1.75 bits per heavy atom. The van der Waals surface area contributed by atoms with Gasteiger partial charge in [-0.3, -0.25) is 0 Å². The molecule has 3 aliphatic rings. The van der Waals surface area contributed by atoms with Crippen LogP contribution >= 0.6 is 0 Å². The fourth-order valence-electron chi connectivity index (χ4n) is 5.39. The van der Waals surface area contributed by atoms with Gasteiger partial charge in [-0.05, 0) is 88.2 Å². The third kappa shape index (κ3) is 5.31. The first-order valence-corrected chi connectivity index (χ1v) is 13.4. The number of halogens is 1. The van der Waals surface area contributed by atoms with E-state index in [4.69, 9.17) is 14.0 Å². The molecule has 3 fully saturated rings. The number of ether oxygens (including phenoxy) is 1. The maximum absolute atomic E-state index is 14.8. The minimum absolute atomic E-state index is 0.267. The summed E-state index contributed by atoms with van der Waals surface area (Å²) >= 11 is 0. The molecule has 2 atom stereocenters. The molecular weight excluding hydrogens is 456 g/mol. The average molecular weight is 495 g/mol.